The lowest BCUT2D eigenvalue weighted by molar-refractivity contribution is -0.145. The summed E-state index contributed by atoms with van der Waals surface area (Å²) in [5.41, 5.74) is -0.0375. The SMILES string of the molecule is COC(=O)[C@H]1CN(c2ncnc(-c3ccc(Oc4ncc(Cl)cc4F)cc3)n2)C[C@H]1NC(=O)OC(C)(C)C. The van der Waals surface area contributed by atoms with E-state index in [0.29, 0.717) is 23.1 Å². The van der Waals surface area contributed by atoms with Crippen LogP contribution in [0, 0.1) is 11.7 Å². The van der Waals surface area contributed by atoms with E-state index >= 15 is 0 Å². The number of hydrogen-bond donors (Lipinski definition) is 1. The number of pyridine rings is 1. The van der Waals surface area contributed by atoms with Crippen LogP contribution in [-0.4, -0.2) is 63.8 Å². The van der Waals surface area contributed by atoms with Gasteiger partial charge in [-0.1, -0.05) is 11.6 Å². The van der Waals surface area contributed by atoms with Gasteiger partial charge in [-0.05, 0) is 51.1 Å². The van der Waals surface area contributed by atoms with Crippen LogP contribution in [0.4, 0.5) is 15.1 Å². The molecule has 200 valence electrons. The molecule has 1 aliphatic rings. The standard InChI is InChI=1S/C25H26ClFN6O5/c1-25(2,3)38-24(35)31-19-12-33(11-17(19)22(34)36-4)23-30-13-29-20(32-23)14-5-7-16(8-6-14)37-21-18(27)9-15(26)10-28-21/h5-10,13,17,19H,11-12H2,1-4H3,(H,31,35)/t17-,19+/m0/s1. The number of nitrogens with zero attached hydrogens (tertiary/aromatic N) is 5. The van der Waals surface area contributed by atoms with E-state index < -0.39 is 35.4 Å². The molecule has 0 unspecified atom stereocenters. The van der Waals surface area contributed by atoms with E-state index in [-0.39, 0.29) is 24.0 Å². The third-order valence-corrected chi connectivity index (χ3v) is 5.68. The maximum Gasteiger partial charge on any atom is 0.407 e. The molecule has 1 aromatic carbocycles. The highest BCUT2D eigenvalue weighted by atomic mass is 35.5. The summed E-state index contributed by atoms with van der Waals surface area (Å²) in [6, 6.07) is 7.20. The minimum atomic E-state index is -0.688. The minimum absolute atomic E-state index is 0.165. The minimum Gasteiger partial charge on any atom is -0.469 e. The number of carbonyl (C=O) groups excluding carboxylic acids is 2. The summed E-state index contributed by atoms with van der Waals surface area (Å²) in [5.74, 6) is -0.947. The number of halogens is 2. The molecular weight excluding hydrogens is 519 g/mol. The van der Waals surface area contributed by atoms with Crippen molar-refractivity contribution < 1.29 is 28.2 Å². The van der Waals surface area contributed by atoms with Crippen LogP contribution >= 0.6 is 11.6 Å². The smallest absolute Gasteiger partial charge is 0.407 e. The van der Waals surface area contributed by atoms with Crippen LogP contribution in [0.1, 0.15) is 20.8 Å². The first-order valence-electron chi connectivity index (χ1n) is 11.6. The van der Waals surface area contributed by atoms with E-state index in [2.05, 4.69) is 25.3 Å². The molecule has 13 heteroatoms. The maximum atomic E-state index is 14.0. The lowest BCUT2D eigenvalue weighted by Gasteiger charge is -2.23. The first-order chi connectivity index (χ1) is 18.0. The number of alkyl carbamates (subject to hydrolysis) is 1. The fraction of sp³-hybridized carbons (Fsp3) is 0.360. The second-order valence-corrected chi connectivity index (χ2v) is 9.90. The highest BCUT2D eigenvalue weighted by Gasteiger charge is 2.41. The van der Waals surface area contributed by atoms with Gasteiger partial charge in [0, 0.05) is 24.8 Å². The normalized spacial score (nSPS) is 17.2. The lowest BCUT2D eigenvalue weighted by atomic mass is 10.0. The molecule has 38 heavy (non-hydrogen) atoms. The maximum absolute atomic E-state index is 14.0. The number of nitrogens with one attached hydrogen (secondary N) is 1. The molecular formula is C25H26ClFN6O5. The molecule has 4 rings (SSSR count). The van der Waals surface area contributed by atoms with Crippen molar-refractivity contribution in [2.45, 2.75) is 32.4 Å². The van der Waals surface area contributed by atoms with Gasteiger partial charge in [-0.25, -0.2) is 24.1 Å². The van der Waals surface area contributed by atoms with E-state index in [9.17, 15) is 14.0 Å². The number of rotatable bonds is 6. The Morgan fingerprint density at radius 1 is 1.13 bits per heavy atom. The molecule has 11 nitrogen and oxygen atoms in total. The van der Waals surface area contributed by atoms with Crippen LogP contribution in [0.2, 0.25) is 5.02 Å². The molecule has 0 bridgehead atoms. The van der Waals surface area contributed by atoms with Crippen LogP contribution in [0.3, 0.4) is 0 Å². The Balaban J connectivity index is 1.49. The molecule has 2 aromatic heterocycles. The van der Waals surface area contributed by atoms with Crippen molar-refractivity contribution in [3.8, 4) is 23.0 Å². The molecule has 1 N–H and O–H groups in total. The van der Waals surface area contributed by atoms with Crippen molar-refractivity contribution in [1.29, 1.82) is 0 Å². The Labute approximate surface area is 223 Å². The van der Waals surface area contributed by atoms with Gasteiger partial charge in [0.1, 0.15) is 17.7 Å². The zero-order valence-corrected chi connectivity index (χ0v) is 21.9. The van der Waals surface area contributed by atoms with Crippen LogP contribution in [-0.2, 0) is 14.3 Å². The second kappa shape index (κ2) is 11.1. The van der Waals surface area contributed by atoms with Crippen molar-refractivity contribution in [2.75, 3.05) is 25.1 Å². The quantitative estimate of drug-likeness (QED) is 0.454. The van der Waals surface area contributed by atoms with Gasteiger partial charge in [-0.15, -0.1) is 0 Å². The summed E-state index contributed by atoms with van der Waals surface area (Å²) in [6.45, 7) is 5.74. The van der Waals surface area contributed by atoms with Crippen molar-refractivity contribution in [3.05, 3.63) is 53.7 Å². The lowest BCUT2D eigenvalue weighted by Crippen LogP contribution is -2.45. The van der Waals surface area contributed by atoms with E-state index in [1.54, 1.807) is 49.9 Å². The largest absolute Gasteiger partial charge is 0.469 e. The van der Waals surface area contributed by atoms with Crippen molar-refractivity contribution in [1.82, 2.24) is 25.3 Å². The Morgan fingerprint density at radius 2 is 1.87 bits per heavy atom. The van der Waals surface area contributed by atoms with Gasteiger partial charge in [-0.2, -0.15) is 4.98 Å². The molecule has 0 aliphatic carbocycles. The molecule has 3 heterocycles. The Hall–Kier alpha value is -4.06. The number of ether oxygens (including phenoxy) is 3. The predicted octanol–water partition coefficient (Wildman–Crippen LogP) is 4.02. The van der Waals surface area contributed by atoms with Crippen LogP contribution in [0.25, 0.3) is 11.4 Å². The van der Waals surface area contributed by atoms with Crippen LogP contribution < -0.4 is 15.0 Å². The van der Waals surface area contributed by atoms with Gasteiger partial charge in [0.15, 0.2) is 11.6 Å². The molecule has 1 saturated heterocycles. The second-order valence-electron chi connectivity index (χ2n) is 9.46. The first-order valence-corrected chi connectivity index (χ1v) is 12.0. The van der Waals surface area contributed by atoms with Gasteiger partial charge in [0.25, 0.3) is 5.88 Å². The summed E-state index contributed by atoms with van der Waals surface area (Å²) in [4.78, 5) is 43.4. The Bertz CT molecular complexity index is 1320. The van der Waals surface area contributed by atoms with E-state index in [4.69, 9.17) is 25.8 Å². The number of methoxy groups -OCH3 is 1. The topological polar surface area (TPSA) is 129 Å². The van der Waals surface area contributed by atoms with E-state index in [1.807, 2.05) is 0 Å². The third kappa shape index (κ3) is 6.62. The first kappa shape index (κ1) is 27.0. The number of anilines is 1. The van der Waals surface area contributed by atoms with E-state index in [0.717, 1.165) is 6.07 Å². The summed E-state index contributed by atoms with van der Waals surface area (Å²) in [7, 11) is 1.29. The van der Waals surface area contributed by atoms with Gasteiger partial charge >= 0.3 is 12.1 Å². The number of esters is 1. The molecule has 1 aliphatic heterocycles. The van der Waals surface area contributed by atoms with Crippen molar-refractivity contribution >= 4 is 29.6 Å². The molecule has 2 atom stereocenters. The molecule has 0 radical (unpaired) electrons. The summed E-state index contributed by atoms with van der Waals surface area (Å²) in [6.07, 6.45) is 2.01. The average Bonchev–Trinajstić information content (AvgIpc) is 3.28. The molecule has 1 fully saturated rings. The summed E-state index contributed by atoms with van der Waals surface area (Å²) in [5, 5.41) is 2.92. The Kier molecular flexibility index (Phi) is 7.91. The zero-order chi connectivity index (χ0) is 27.4. The molecule has 0 saturated carbocycles. The number of amides is 1. The van der Waals surface area contributed by atoms with Gasteiger partial charge in [0.05, 0.1) is 24.1 Å². The summed E-state index contributed by atoms with van der Waals surface area (Å²) >= 11 is 5.72. The van der Waals surface area contributed by atoms with Gasteiger partial charge < -0.3 is 24.4 Å². The number of benzene rings is 1. The van der Waals surface area contributed by atoms with Crippen LogP contribution in [0.5, 0.6) is 11.6 Å². The highest BCUT2D eigenvalue weighted by Crippen LogP contribution is 2.28. The fourth-order valence-electron chi connectivity index (χ4n) is 3.80. The van der Waals surface area contributed by atoms with Gasteiger partial charge in [-0.3, -0.25) is 4.79 Å². The highest BCUT2D eigenvalue weighted by molar-refractivity contribution is 6.30. The molecule has 3 aromatic rings. The van der Waals surface area contributed by atoms with Crippen LogP contribution in [0.15, 0.2) is 42.9 Å². The monoisotopic (exact) mass is 544 g/mol. The van der Waals surface area contributed by atoms with E-state index in [1.165, 1.54) is 19.6 Å². The zero-order valence-electron chi connectivity index (χ0n) is 21.1. The third-order valence-electron chi connectivity index (χ3n) is 5.47. The molecule has 0 spiro atoms. The van der Waals surface area contributed by atoms with Crippen molar-refractivity contribution in [2.24, 2.45) is 5.92 Å². The fourth-order valence-corrected chi connectivity index (χ4v) is 3.95. The average molecular weight is 545 g/mol. The van der Waals surface area contributed by atoms with Gasteiger partial charge in [0.2, 0.25) is 5.95 Å². The summed E-state index contributed by atoms with van der Waals surface area (Å²) < 4.78 is 29.7. The number of carbonyl (C=O) groups is 2. The van der Waals surface area contributed by atoms with Crippen molar-refractivity contribution in [3.63, 3.8) is 0 Å². The predicted molar refractivity (Wildman–Crippen MR) is 135 cm³/mol. The molecule has 1 amide bonds. The Morgan fingerprint density at radius 3 is 2.53 bits per heavy atom. The number of aromatic nitrogens is 4. The number of hydrogen-bond acceptors (Lipinski definition) is 10.